The molecule has 22 heavy (non-hydrogen) atoms. The molecule has 0 radical (unpaired) electrons. The van der Waals surface area contributed by atoms with Crippen LogP contribution in [0.2, 0.25) is 0 Å². The minimum Gasteiger partial charge on any atom is -0.496 e. The number of benzene rings is 1. The number of carboxylic acids is 1. The van der Waals surface area contributed by atoms with Crippen molar-refractivity contribution in [3.63, 3.8) is 0 Å². The van der Waals surface area contributed by atoms with Crippen molar-refractivity contribution in [2.24, 2.45) is 0 Å². The quantitative estimate of drug-likeness (QED) is 0.467. The highest BCUT2D eigenvalue weighted by Gasteiger charge is 2.11. The third kappa shape index (κ3) is 9.82. The summed E-state index contributed by atoms with van der Waals surface area (Å²) in [6.45, 7) is 3.09. The van der Waals surface area contributed by atoms with E-state index in [1.54, 1.807) is 14.0 Å². The van der Waals surface area contributed by atoms with Crippen LogP contribution >= 0.6 is 11.8 Å². The van der Waals surface area contributed by atoms with Crippen LogP contribution in [0.5, 0.6) is 5.75 Å². The number of hydrogen-bond donors (Lipinski definition) is 1. The fraction of sp³-hybridized carbons (Fsp3) is 0.400. The number of ether oxygens (including phenoxy) is 2. The molecule has 0 heterocycles. The maximum Gasteiger partial charge on any atom is 0.313 e. The maximum absolute atomic E-state index is 11.5. The number of carbonyl (C=O) groups excluding carboxylic acids is 2. The van der Waals surface area contributed by atoms with Gasteiger partial charge >= 0.3 is 5.97 Å². The van der Waals surface area contributed by atoms with Gasteiger partial charge < -0.3 is 14.6 Å². The predicted octanol–water partition coefficient (Wildman–Crippen LogP) is 2.40. The molecule has 1 aromatic carbocycles. The second-order valence-electron chi connectivity index (χ2n) is 3.98. The first-order valence-electron chi connectivity index (χ1n) is 6.53. The van der Waals surface area contributed by atoms with Crippen molar-refractivity contribution in [3.8, 4) is 5.75 Å². The Morgan fingerprint density at radius 2 is 1.82 bits per heavy atom. The number of carboxylic acid groups (broad SMARTS) is 1. The Hall–Kier alpha value is -2.02. The SMILES string of the molecule is CC(=O)O.CCOC(=O)CC(=O)CSc1ccccc1OC. The van der Waals surface area contributed by atoms with Gasteiger partial charge in [0.1, 0.15) is 12.2 Å². The minimum absolute atomic E-state index is 0.149. The van der Waals surface area contributed by atoms with Crippen LogP contribution in [0.15, 0.2) is 29.2 Å². The number of aliphatic carboxylic acids is 1. The lowest BCUT2D eigenvalue weighted by Gasteiger charge is -2.06. The highest BCUT2D eigenvalue weighted by molar-refractivity contribution is 8.00. The van der Waals surface area contributed by atoms with Gasteiger partial charge in [0.25, 0.3) is 5.97 Å². The summed E-state index contributed by atoms with van der Waals surface area (Å²) in [5, 5.41) is 7.42. The summed E-state index contributed by atoms with van der Waals surface area (Å²) in [5.41, 5.74) is 0. The smallest absolute Gasteiger partial charge is 0.313 e. The Kier molecular flexibility index (Phi) is 10.6. The van der Waals surface area contributed by atoms with Crippen molar-refractivity contribution in [1.82, 2.24) is 0 Å². The summed E-state index contributed by atoms with van der Waals surface area (Å²) < 4.78 is 9.89. The van der Waals surface area contributed by atoms with Gasteiger partial charge in [-0.25, -0.2) is 0 Å². The van der Waals surface area contributed by atoms with E-state index in [-0.39, 0.29) is 18.0 Å². The number of methoxy groups -OCH3 is 1. The lowest BCUT2D eigenvalue weighted by Crippen LogP contribution is -2.12. The Bertz CT molecular complexity index is 497. The standard InChI is InChI=1S/C13H16O4S.C2H4O2/c1-3-17-13(15)8-10(14)9-18-12-7-5-4-6-11(12)16-2;1-2(3)4/h4-7H,3,8-9H2,1-2H3;1H3,(H,3,4). The normalized spacial score (nSPS) is 9.23. The number of rotatable bonds is 7. The number of hydrogen-bond acceptors (Lipinski definition) is 6. The van der Waals surface area contributed by atoms with Crippen LogP contribution in [0.4, 0.5) is 0 Å². The van der Waals surface area contributed by atoms with E-state index in [1.165, 1.54) is 11.8 Å². The number of ketones is 1. The second kappa shape index (κ2) is 11.6. The molecule has 0 unspecified atom stereocenters. The van der Waals surface area contributed by atoms with Crippen molar-refractivity contribution < 1.29 is 29.0 Å². The predicted molar refractivity (Wildman–Crippen MR) is 83.3 cm³/mol. The Morgan fingerprint density at radius 1 is 1.23 bits per heavy atom. The Labute approximate surface area is 133 Å². The van der Waals surface area contributed by atoms with Crippen molar-refractivity contribution in [1.29, 1.82) is 0 Å². The first kappa shape index (κ1) is 20.0. The lowest BCUT2D eigenvalue weighted by atomic mass is 10.3. The number of para-hydroxylation sites is 1. The summed E-state index contributed by atoms with van der Waals surface area (Å²) in [6.07, 6.45) is -0.171. The molecule has 1 N–H and O–H groups in total. The van der Waals surface area contributed by atoms with Crippen molar-refractivity contribution >= 4 is 29.5 Å². The van der Waals surface area contributed by atoms with E-state index in [2.05, 4.69) is 0 Å². The van der Waals surface area contributed by atoms with Gasteiger partial charge in [-0.1, -0.05) is 12.1 Å². The summed E-state index contributed by atoms with van der Waals surface area (Å²) >= 11 is 1.36. The van der Waals surface area contributed by atoms with E-state index in [0.29, 0.717) is 6.61 Å². The summed E-state index contributed by atoms with van der Waals surface area (Å²) in [5.74, 6) is -0.488. The molecule has 122 valence electrons. The van der Waals surface area contributed by atoms with Gasteiger partial charge in [0.15, 0.2) is 5.78 Å². The molecule has 0 amide bonds. The third-order valence-electron chi connectivity index (χ3n) is 2.10. The third-order valence-corrected chi connectivity index (χ3v) is 3.22. The van der Waals surface area contributed by atoms with Gasteiger partial charge in [-0.05, 0) is 19.1 Å². The molecule has 0 atom stereocenters. The van der Waals surface area contributed by atoms with E-state index in [4.69, 9.17) is 19.4 Å². The minimum atomic E-state index is -0.833. The molecule has 0 aliphatic heterocycles. The van der Waals surface area contributed by atoms with Crippen molar-refractivity contribution in [2.75, 3.05) is 19.5 Å². The van der Waals surface area contributed by atoms with Gasteiger partial charge in [-0.2, -0.15) is 0 Å². The van der Waals surface area contributed by atoms with Crippen LogP contribution < -0.4 is 4.74 Å². The molecule has 0 bridgehead atoms. The van der Waals surface area contributed by atoms with Gasteiger partial charge in [-0.15, -0.1) is 11.8 Å². The molecular formula is C15H20O6S. The Balaban J connectivity index is 0.000000980. The first-order valence-corrected chi connectivity index (χ1v) is 7.51. The number of esters is 1. The highest BCUT2D eigenvalue weighted by atomic mass is 32.2. The fourth-order valence-electron chi connectivity index (χ4n) is 1.32. The van der Waals surface area contributed by atoms with Gasteiger partial charge in [-0.3, -0.25) is 14.4 Å². The first-order chi connectivity index (χ1) is 10.4. The van der Waals surface area contributed by atoms with E-state index in [1.807, 2.05) is 24.3 Å². The zero-order chi connectivity index (χ0) is 17.0. The van der Waals surface area contributed by atoms with Crippen molar-refractivity contribution in [2.45, 2.75) is 25.2 Å². The van der Waals surface area contributed by atoms with Crippen LogP contribution in [-0.4, -0.2) is 42.3 Å². The molecule has 7 heteroatoms. The van der Waals surface area contributed by atoms with Gasteiger partial charge in [0, 0.05) is 11.8 Å². The molecule has 0 saturated heterocycles. The van der Waals surface area contributed by atoms with Crippen LogP contribution in [0.1, 0.15) is 20.3 Å². The maximum atomic E-state index is 11.5. The number of carbonyl (C=O) groups is 3. The molecule has 0 fully saturated rings. The molecule has 0 aromatic heterocycles. The van der Waals surface area contributed by atoms with E-state index in [0.717, 1.165) is 17.6 Å². The molecule has 0 spiro atoms. The second-order valence-corrected chi connectivity index (χ2v) is 5.00. The number of thioether (sulfide) groups is 1. The van der Waals surface area contributed by atoms with Crippen LogP contribution in [0, 0.1) is 0 Å². The Morgan fingerprint density at radius 3 is 2.36 bits per heavy atom. The largest absolute Gasteiger partial charge is 0.496 e. The zero-order valence-electron chi connectivity index (χ0n) is 12.8. The van der Waals surface area contributed by atoms with E-state index in [9.17, 15) is 9.59 Å². The summed E-state index contributed by atoms with van der Waals surface area (Å²) in [6, 6.07) is 7.45. The van der Waals surface area contributed by atoms with Crippen LogP contribution in [0.25, 0.3) is 0 Å². The number of Topliss-reactive ketones (excluding diaryl/α,β-unsaturated/α-hetero) is 1. The molecule has 0 aliphatic carbocycles. The molecule has 1 aromatic rings. The molecule has 0 aliphatic rings. The average Bonchev–Trinajstić information content (AvgIpc) is 2.45. The van der Waals surface area contributed by atoms with Crippen LogP contribution in [-0.2, 0) is 19.1 Å². The summed E-state index contributed by atoms with van der Waals surface area (Å²) in [7, 11) is 1.58. The molecule has 1 rings (SSSR count). The van der Waals surface area contributed by atoms with Crippen molar-refractivity contribution in [3.05, 3.63) is 24.3 Å². The topological polar surface area (TPSA) is 89.9 Å². The van der Waals surface area contributed by atoms with E-state index >= 15 is 0 Å². The zero-order valence-corrected chi connectivity index (χ0v) is 13.6. The monoisotopic (exact) mass is 328 g/mol. The summed E-state index contributed by atoms with van der Waals surface area (Å²) in [4.78, 5) is 32.5. The van der Waals surface area contributed by atoms with E-state index < -0.39 is 11.9 Å². The van der Waals surface area contributed by atoms with Crippen LogP contribution in [0.3, 0.4) is 0 Å². The van der Waals surface area contributed by atoms with Gasteiger partial charge in [0.05, 0.1) is 19.5 Å². The lowest BCUT2D eigenvalue weighted by molar-refractivity contribution is -0.145. The average molecular weight is 328 g/mol. The highest BCUT2D eigenvalue weighted by Crippen LogP contribution is 2.28. The molecular weight excluding hydrogens is 308 g/mol. The molecule has 6 nitrogen and oxygen atoms in total. The van der Waals surface area contributed by atoms with Gasteiger partial charge in [0.2, 0.25) is 0 Å². The fourth-order valence-corrected chi connectivity index (χ4v) is 2.21. The molecule has 0 saturated carbocycles.